The van der Waals surface area contributed by atoms with Gasteiger partial charge in [0, 0.05) is 31.3 Å². The first-order valence-electron chi connectivity index (χ1n) is 6.14. The van der Waals surface area contributed by atoms with Gasteiger partial charge in [0.15, 0.2) is 0 Å². The molecule has 19 heavy (non-hydrogen) atoms. The molecule has 0 unspecified atom stereocenters. The van der Waals surface area contributed by atoms with Crippen molar-refractivity contribution in [3.63, 3.8) is 0 Å². The number of hydrogen-bond acceptors (Lipinski definition) is 4. The first-order chi connectivity index (χ1) is 9.04. The van der Waals surface area contributed by atoms with E-state index in [0.29, 0.717) is 17.9 Å². The fraction of sp³-hybridized carbons (Fsp3) is 0.538. The molecular weight excluding hydrogens is 254 g/mol. The maximum Gasteiger partial charge on any atom is 0.387 e. The van der Waals surface area contributed by atoms with E-state index in [4.69, 9.17) is 4.74 Å². The zero-order valence-corrected chi connectivity index (χ0v) is 11.0. The maximum atomic E-state index is 12.4. The summed E-state index contributed by atoms with van der Waals surface area (Å²) in [5, 5.41) is 3.08. The van der Waals surface area contributed by atoms with E-state index < -0.39 is 6.61 Å². The van der Waals surface area contributed by atoms with Gasteiger partial charge in [-0.05, 0) is 20.2 Å². The van der Waals surface area contributed by atoms with Crippen LogP contribution in [0.3, 0.4) is 0 Å². The summed E-state index contributed by atoms with van der Waals surface area (Å²) in [5.74, 6) is 0.734. The Kier molecular flexibility index (Phi) is 4.55. The zero-order valence-electron chi connectivity index (χ0n) is 11.0. The van der Waals surface area contributed by atoms with Crippen LogP contribution in [-0.4, -0.2) is 44.8 Å². The van der Waals surface area contributed by atoms with Crippen molar-refractivity contribution < 1.29 is 18.3 Å². The Morgan fingerprint density at radius 1 is 1.37 bits per heavy atom. The predicted octanol–water partition coefficient (Wildman–Crippen LogP) is 1.70. The van der Waals surface area contributed by atoms with Crippen molar-refractivity contribution in [1.29, 1.82) is 0 Å². The Balaban J connectivity index is 2.13. The van der Waals surface area contributed by atoms with Gasteiger partial charge in [0.25, 0.3) is 0 Å². The Hall–Kier alpha value is -1.40. The molecule has 0 aliphatic carbocycles. The number of alkyl halides is 2. The molecule has 0 bridgehead atoms. The van der Waals surface area contributed by atoms with Gasteiger partial charge in [-0.15, -0.1) is 0 Å². The van der Waals surface area contributed by atoms with E-state index in [9.17, 15) is 8.78 Å². The minimum atomic E-state index is -2.83. The minimum Gasteiger partial charge on any atom is -0.488 e. The topological polar surface area (TPSA) is 33.7 Å². The lowest BCUT2D eigenvalue weighted by Crippen LogP contribution is -2.50. The summed E-state index contributed by atoms with van der Waals surface area (Å²) in [4.78, 5) is 1.89. The number of halogens is 2. The summed E-state index contributed by atoms with van der Waals surface area (Å²) in [7, 11) is 3.74. The summed E-state index contributed by atoms with van der Waals surface area (Å²) in [6, 6.07) is 5.08. The second-order valence-corrected chi connectivity index (χ2v) is 4.78. The Bertz CT molecular complexity index is 423. The van der Waals surface area contributed by atoms with Crippen molar-refractivity contribution in [1.82, 2.24) is 10.2 Å². The molecule has 0 spiro atoms. The average Bonchev–Trinajstić information content (AvgIpc) is 2.25. The molecule has 0 amide bonds. The molecule has 1 saturated heterocycles. The molecule has 4 nitrogen and oxygen atoms in total. The second kappa shape index (κ2) is 6.16. The summed E-state index contributed by atoms with van der Waals surface area (Å²) in [6.07, 6.45) is 0.110. The van der Waals surface area contributed by atoms with Gasteiger partial charge >= 0.3 is 6.61 Å². The van der Waals surface area contributed by atoms with Gasteiger partial charge in [-0.2, -0.15) is 8.78 Å². The highest BCUT2D eigenvalue weighted by atomic mass is 19.3. The van der Waals surface area contributed by atoms with Gasteiger partial charge in [0.05, 0.1) is 0 Å². The monoisotopic (exact) mass is 272 g/mol. The van der Waals surface area contributed by atoms with Crippen LogP contribution in [0.4, 0.5) is 8.78 Å². The molecular formula is C13H18F2N2O2. The lowest BCUT2D eigenvalue weighted by molar-refractivity contribution is -0.0508. The molecule has 1 aliphatic rings. The molecule has 1 fully saturated rings. The van der Waals surface area contributed by atoms with Crippen molar-refractivity contribution in [2.75, 3.05) is 27.2 Å². The van der Waals surface area contributed by atoms with Crippen molar-refractivity contribution in [2.24, 2.45) is 0 Å². The van der Waals surface area contributed by atoms with E-state index in [-0.39, 0.29) is 11.9 Å². The quantitative estimate of drug-likeness (QED) is 0.854. The highest BCUT2D eigenvalue weighted by molar-refractivity contribution is 5.41. The van der Waals surface area contributed by atoms with E-state index in [0.717, 1.165) is 13.1 Å². The number of benzene rings is 1. The summed E-state index contributed by atoms with van der Waals surface area (Å²) in [5.41, 5.74) is 0.712. The maximum absolute atomic E-state index is 12.4. The van der Waals surface area contributed by atoms with Crippen LogP contribution in [0.25, 0.3) is 0 Å². The summed E-state index contributed by atoms with van der Waals surface area (Å²) in [6.45, 7) is -0.732. The van der Waals surface area contributed by atoms with E-state index in [1.165, 1.54) is 6.07 Å². The molecule has 1 heterocycles. The molecule has 0 radical (unpaired) electrons. The van der Waals surface area contributed by atoms with E-state index in [2.05, 4.69) is 10.1 Å². The van der Waals surface area contributed by atoms with Crippen LogP contribution >= 0.6 is 0 Å². The van der Waals surface area contributed by atoms with E-state index in [1.807, 2.05) is 19.0 Å². The van der Waals surface area contributed by atoms with Gasteiger partial charge in [0.1, 0.15) is 17.6 Å². The third kappa shape index (κ3) is 4.04. The molecule has 6 heteroatoms. The zero-order chi connectivity index (χ0) is 13.8. The average molecular weight is 272 g/mol. The molecule has 2 rings (SSSR count). The first kappa shape index (κ1) is 14.0. The van der Waals surface area contributed by atoms with Crippen molar-refractivity contribution in [3.05, 3.63) is 23.8 Å². The molecule has 1 aliphatic heterocycles. The van der Waals surface area contributed by atoms with Gasteiger partial charge in [-0.25, -0.2) is 0 Å². The van der Waals surface area contributed by atoms with Gasteiger partial charge in [-0.1, -0.05) is 6.07 Å². The normalized spacial score (nSPS) is 15.7. The van der Waals surface area contributed by atoms with E-state index in [1.54, 1.807) is 12.1 Å². The van der Waals surface area contributed by atoms with Gasteiger partial charge in [-0.3, -0.25) is 0 Å². The molecule has 0 aromatic heterocycles. The smallest absolute Gasteiger partial charge is 0.387 e. The van der Waals surface area contributed by atoms with Gasteiger partial charge < -0.3 is 19.7 Å². The van der Waals surface area contributed by atoms with Crippen LogP contribution in [0.15, 0.2) is 18.2 Å². The summed E-state index contributed by atoms with van der Waals surface area (Å²) < 4.78 is 35.0. The number of hydrogen-bond donors (Lipinski definition) is 1. The number of rotatable bonds is 6. The van der Waals surface area contributed by atoms with Crippen molar-refractivity contribution in [2.45, 2.75) is 19.3 Å². The number of nitrogens with zero attached hydrogens (tertiary/aromatic N) is 1. The molecule has 0 atom stereocenters. The largest absolute Gasteiger partial charge is 0.488 e. The van der Waals surface area contributed by atoms with Crippen molar-refractivity contribution >= 4 is 0 Å². The van der Waals surface area contributed by atoms with Crippen LogP contribution in [0.2, 0.25) is 0 Å². The lowest BCUT2D eigenvalue weighted by atomic mass is 10.1. The number of ether oxygens (including phenoxy) is 2. The van der Waals surface area contributed by atoms with Gasteiger partial charge in [0.2, 0.25) is 0 Å². The third-order valence-corrected chi connectivity index (χ3v) is 2.79. The SMILES string of the molecule is CN(C)Cc1ccc(OC2CNC2)cc1OC(F)F. The first-order valence-corrected chi connectivity index (χ1v) is 6.14. The Morgan fingerprint density at radius 2 is 2.11 bits per heavy atom. The highest BCUT2D eigenvalue weighted by Gasteiger charge is 2.19. The van der Waals surface area contributed by atoms with Crippen LogP contribution < -0.4 is 14.8 Å². The molecule has 1 N–H and O–H groups in total. The Morgan fingerprint density at radius 3 is 2.63 bits per heavy atom. The Labute approximate surface area is 111 Å². The molecule has 1 aromatic rings. The number of nitrogens with one attached hydrogen (secondary N) is 1. The summed E-state index contributed by atoms with van der Waals surface area (Å²) >= 11 is 0. The second-order valence-electron chi connectivity index (χ2n) is 4.78. The van der Waals surface area contributed by atoms with E-state index >= 15 is 0 Å². The molecule has 106 valence electrons. The third-order valence-electron chi connectivity index (χ3n) is 2.79. The molecule has 1 aromatic carbocycles. The highest BCUT2D eigenvalue weighted by Crippen LogP contribution is 2.28. The lowest BCUT2D eigenvalue weighted by Gasteiger charge is -2.28. The van der Waals surface area contributed by atoms with Crippen LogP contribution in [0.5, 0.6) is 11.5 Å². The standard InChI is InChI=1S/C13H18F2N2O2/c1-17(2)8-9-3-4-10(18-11-6-16-7-11)5-12(9)19-13(14)15/h3-5,11,13,16H,6-8H2,1-2H3. The fourth-order valence-corrected chi connectivity index (χ4v) is 1.82. The van der Waals surface area contributed by atoms with Crippen molar-refractivity contribution in [3.8, 4) is 11.5 Å². The predicted molar refractivity (Wildman–Crippen MR) is 67.8 cm³/mol. The van der Waals surface area contributed by atoms with Crippen LogP contribution in [0, 0.1) is 0 Å². The van der Waals surface area contributed by atoms with Crippen LogP contribution in [0.1, 0.15) is 5.56 Å². The fourth-order valence-electron chi connectivity index (χ4n) is 1.82. The van der Waals surface area contributed by atoms with Crippen LogP contribution in [-0.2, 0) is 6.54 Å². The minimum absolute atomic E-state index is 0.110. The molecule has 0 saturated carbocycles.